The molecule has 8 heteroatoms. The van der Waals surface area contributed by atoms with Crippen LogP contribution in [0.4, 0.5) is 0 Å². The van der Waals surface area contributed by atoms with Crippen molar-refractivity contribution in [2.45, 2.75) is 37.8 Å². The Morgan fingerprint density at radius 1 is 0.971 bits per heavy atom. The highest BCUT2D eigenvalue weighted by Gasteiger charge is 2.32. The van der Waals surface area contributed by atoms with Crippen LogP contribution in [0.25, 0.3) is 10.9 Å². The fourth-order valence-electron chi connectivity index (χ4n) is 4.18. The molecule has 0 amide bonds. The third kappa shape index (κ3) is 4.99. The van der Waals surface area contributed by atoms with Gasteiger partial charge >= 0.3 is 0 Å². The number of methoxy groups -OCH3 is 1. The zero-order valence-corrected chi connectivity index (χ0v) is 20.9. The maximum absolute atomic E-state index is 13.7. The summed E-state index contributed by atoms with van der Waals surface area (Å²) < 4.78 is 35.6. The van der Waals surface area contributed by atoms with Gasteiger partial charge in [-0.25, -0.2) is 13.4 Å². The normalized spacial score (nSPS) is 12.7. The molecule has 1 atom stereocenters. The van der Waals surface area contributed by atoms with Crippen LogP contribution in [-0.2, 0) is 16.6 Å². The Balaban J connectivity index is 1.86. The van der Waals surface area contributed by atoms with E-state index in [-0.39, 0.29) is 17.0 Å². The molecule has 0 saturated carbocycles. The first-order valence-corrected chi connectivity index (χ1v) is 13.0. The van der Waals surface area contributed by atoms with E-state index in [1.807, 2.05) is 43.3 Å². The predicted octanol–water partition coefficient (Wildman–Crippen LogP) is 4.62. The molecule has 1 heterocycles. The van der Waals surface area contributed by atoms with E-state index in [1.54, 1.807) is 41.8 Å². The summed E-state index contributed by atoms with van der Waals surface area (Å²) in [6.45, 7) is 4.28. The van der Waals surface area contributed by atoms with Crippen LogP contribution in [0.5, 0.6) is 5.75 Å². The molecular weight excluding hydrogens is 462 g/mol. The summed E-state index contributed by atoms with van der Waals surface area (Å²) in [5, 5.41) is 0.499. The van der Waals surface area contributed by atoms with Gasteiger partial charge in [-0.2, -0.15) is 4.31 Å². The summed E-state index contributed by atoms with van der Waals surface area (Å²) in [6.07, 6.45) is 0.607. The Labute approximate surface area is 205 Å². The van der Waals surface area contributed by atoms with Crippen LogP contribution in [0.3, 0.4) is 0 Å². The average Bonchev–Trinajstić information content (AvgIpc) is 2.89. The number of ether oxygens (including phenoxy) is 1. The molecule has 0 spiro atoms. The molecule has 4 aromatic rings. The van der Waals surface area contributed by atoms with Gasteiger partial charge in [-0.3, -0.25) is 9.36 Å². The lowest BCUT2D eigenvalue weighted by Gasteiger charge is -2.29. The fraction of sp³-hybridized carbons (Fsp3) is 0.259. The quantitative estimate of drug-likeness (QED) is 0.341. The minimum atomic E-state index is -3.87. The molecule has 0 fully saturated rings. The molecule has 7 nitrogen and oxygen atoms in total. The van der Waals surface area contributed by atoms with Crippen LogP contribution in [0.1, 0.15) is 37.7 Å². The maximum atomic E-state index is 13.7. The number of rotatable bonds is 9. The topological polar surface area (TPSA) is 81.5 Å². The van der Waals surface area contributed by atoms with Gasteiger partial charge in [-0.15, -0.1) is 0 Å². The number of sulfonamides is 1. The van der Waals surface area contributed by atoms with Crippen molar-refractivity contribution in [3.05, 3.63) is 101 Å². The zero-order valence-electron chi connectivity index (χ0n) is 20.1. The van der Waals surface area contributed by atoms with Crippen molar-refractivity contribution < 1.29 is 13.2 Å². The van der Waals surface area contributed by atoms with Crippen molar-refractivity contribution in [2.75, 3.05) is 13.7 Å². The summed E-state index contributed by atoms with van der Waals surface area (Å²) in [5.41, 5.74) is 1.28. The van der Waals surface area contributed by atoms with E-state index in [0.717, 1.165) is 5.56 Å². The van der Waals surface area contributed by atoms with Gasteiger partial charge in [-0.1, -0.05) is 49.4 Å². The second-order valence-electron chi connectivity index (χ2n) is 8.33. The predicted molar refractivity (Wildman–Crippen MR) is 137 cm³/mol. The zero-order chi connectivity index (χ0) is 25.0. The third-order valence-electron chi connectivity index (χ3n) is 5.99. The van der Waals surface area contributed by atoms with Gasteiger partial charge in [0.05, 0.1) is 35.5 Å². The smallest absolute Gasteiger partial charge is 0.261 e. The van der Waals surface area contributed by atoms with Gasteiger partial charge in [0.25, 0.3) is 5.56 Å². The molecule has 0 bridgehead atoms. The summed E-state index contributed by atoms with van der Waals surface area (Å²) in [5.74, 6) is 0.982. The molecule has 0 saturated heterocycles. The van der Waals surface area contributed by atoms with Crippen LogP contribution < -0.4 is 10.3 Å². The van der Waals surface area contributed by atoms with E-state index < -0.39 is 16.1 Å². The van der Waals surface area contributed by atoms with Crippen LogP contribution in [0.2, 0.25) is 0 Å². The monoisotopic (exact) mass is 491 g/mol. The molecule has 3 aromatic carbocycles. The molecule has 1 aromatic heterocycles. The van der Waals surface area contributed by atoms with Crippen LogP contribution in [0.15, 0.2) is 88.6 Å². The van der Waals surface area contributed by atoms with Crippen molar-refractivity contribution >= 4 is 20.9 Å². The van der Waals surface area contributed by atoms with Crippen LogP contribution in [-0.4, -0.2) is 35.9 Å². The SMILES string of the molecule is CCCN(C(C)c1nc2ccccc2c(=O)n1Cc1ccccc1)S(=O)(=O)c1ccc(OC)cc1. The molecule has 35 heavy (non-hydrogen) atoms. The number of fused-ring (bicyclic) bond motifs is 1. The van der Waals surface area contributed by atoms with E-state index in [1.165, 1.54) is 23.5 Å². The lowest BCUT2D eigenvalue weighted by atomic mass is 10.2. The molecule has 0 radical (unpaired) electrons. The number of aromatic nitrogens is 2. The average molecular weight is 492 g/mol. The number of hydrogen-bond acceptors (Lipinski definition) is 5. The van der Waals surface area contributed by atoms with Gasteiger partial charge in [0.1, 0.15) is 11.6 Å². The fourth-order valence-corrected chi connectivity index (χ4v) is 5.86. The van der Waals surface area contributed by atoms with Crippen LogP contribution in [0, 0.1) is 0 Å². The van der Waals surface area contributed by atoms with Gasteiger partial charge in [0, 0.05) is 6.54 Å². The van der Waals surface area contributed by atoms with Crippen molar-refractivity contribution in [3.8, 4) is 5.75 Å². The second kappa shape index (κ2) is 10.4. The van der Waals surface area contributed by atoms with E-state index in [0.29, 0.717) is 35.4 Å². The molecule has 0 aliphatic rings. The molecule has 0 aliphatic carbocycles. The van der Waals surface area contributed by atoms with Gasteiger partial charge < -0.3 is 4.74 Å². The van der Waals surface area contributed by atoms with E-state index in [4.69, 9.17) is 9.72 Å². The highest BCUT2D eigenvalue weighted by atomic mass is 32.2. The summed E-state index contributed by atoms with van der Waals surface area (Å²) in [7, 11) is -2.33. The van der Waals surface area contributed by atoms with Crippen LogP contribution >= 0.6 is 0 Å². The maximum Gasteiger partial charge on any atom is 0.261 e. The first-order chi connectivity index (χ1) is 16.9. The Bertz CT molecular complexity index is 1470. The summed E-state index contributed by atoms with van der Waals surface area (Å²) >= 11 is 0. The minimum absolute atomic E-state index is 0.163. The van der Waals surface area contributed by atoms with Crippen molar-refractivity contribution in [1.29, 1.82) is 0 Å². The number of hydrogen-bond donors (Lipinski definition) is 0. The lowest BCUT2D eigenvalue weighted by Crippen LogP contribution is -2.38. The standard InChI is InChI=1S/C27H29N3O4S/c1-4-18-30(35(32,33)23-16-14-22(34-3)15-17-23)20(2)26-28-25-13-9-8-12-24(25)27(31)29(26)19-21-10-6-5-7-11-21/h5-17,20H,4,18-19H2,1-3H3. The van der Waals surface area contributed by atoms with Crippen molar-refractivity contribution in [1.82, 2.24) is 13.9 Å². The number of nitrogens with zero attached hydrogens (tertiary/aromatic N) is 3. The van der Waals surface area contributed by atoms with E-state index in [9.17, 15) is 13.2 Å². The minimum Gasteiger partial charge on any atom is -0.497 e. The molecule has 1 unspecified atom stereocenters. The first-order valence-electron chi connectivity index (χ1n) is 11.6. The highest BCUT2D eigenvalue weighted by molar-refractivity contribution is 7.89. The molecule has 0 N–H and O–H groups in total. The number of para-hydroxylation sites is 1. The summed E-state index contributed by atoms with van der Waals surface area (Å²) in [4.78, 5) is 18.5. The Kier molecular flexibility index (Phi) is 7.33. The third-order valence-corrected chi connectivity index (χ3v) is 7.97. The Morgan fingerprint density at radius 2 is 1.63 bits per heavy atom. The van der Waals surface area contributed by atoms with Gasteiger partial charge in [0.2, 0.25) is 10.0 Å². The van der Waals surface area contributed by atoms with Gasteiger partial charge in [-0.05, 0) is 55.3 Å². The highest BCUT2D eigenvalue weighted by Crippen LogP contribution is 2.28. The molecule has 4 rings (SSSR count). The van der Waals surface area contributed by atoms with Crippen molar-refractivity contribution in [2.24, 2.45) is 0 Å². The van der Waals surface area contributed by atoms with Gasteiger partial charge in [0.15, 0.2) is 0 Å². The molecule has 182 valence electrons. The molecular formula is C27H29N3O4S. The van der Waals surface area contributed by atoms with Crippen molar-refractivity contribution in [3.63, 3.8) is 0 Å². The molecule has 0 aliphatic heterocycles. The van der Waals surface area contributed by atoms with E-state index >= 15 is 0 Å². The first kappa shape index (κ1) is 24.6. The number of benzene rings is 3. The lowest BCUT2D eigenvalue weighted by molar-refractivity contribution is 0.322. The second-order valence-corrected chi connectivity index (χ2v) is 10.2. The largest absolute Gasteiger partial charge is 0.497 e. The van der Waals surface area contributed by atoms with E-state index in [2.05, 4.69) is 0 Å². The Morgan fingerprint density at radius 3 is 2.29 bits per heavy atom. The Hall–Kier alpha value is -3.49. The summed E-state index contributed by atoms with van der Waals surface area (Å²) in [6, 6.07) is 22.4.